The molecule has 0 spiro atoms. The highest BCUT2D eigenvalue weighted by Crippen LogP contribution is 2.25. The van der Waals surface area contributed by atoms with Crippen molar-refractivity contribution in [3.05, 3.63) is 58.1 Å². The number of carbonyl (C=O) groups is 1. The minimum atomic E-state index is 0.0926. The number of aryl methyl sites for hydroxylation is 1. The summed E-state index contributed by atoms with van der Waals surface area (Å²) in [6.45, 7) is 5.51. The summed E-state index contributed by atoms with van der Waals surface area (Å²) in [7, 11) is 0. The van der Waals surface area contributed by atoms with Crippen LogP contribution in [0.4, 0.5) is 11.4 Å². The molecule has 0 saturated carbocycles. The predicted molar refractivity (Wildman–Crippen MR) is 105 cm³/mol. The SMILES string of the molecule is Cc1cccc(N2CCN(C(=O)CNc3ccc(Cl)c(Cl)c3)CC2)c1. The molecule has 1 N–H and O–H groups in total. The van der Waals surface area contributed by atoms with Crippen molar-refractivity contribution in [1.29, 1.82) is 0 Å². The molecule has 1 aliphatic heterocycles. The molecule has 0 radical (unpaired) electrons. The van der Waals surface area contributed by atoms with E-state index in [2.05, 4.69) is 41.4 Å². The topological polar surface area (TPSA) is 35.6 Å². The summed E-state index contributed by atoms with van der Waals surface area (Å²) in [5.41, 5.74) is 3.27. The first-order chi connectivity index (χ1) is 12.0. The van der Waals surface area contributed by atoms with Gasteiger partial charge in [-0.25, -0.2) is 0 Å². The zero-order valence-electron chi connectivity index (χ0n) is 14.1. The van der Waals surface area contributed by atoms with Crippen molar-refractivity contribution in [3.8, 4) is 0 Å². The van der Waals surface area contributed by atoms with Crippen molar-refractivity contribution >= 4 is 40.5 Å². The van der Waals surface area contributed by atoms with Crippen LogP contribution in [-0.2, 0) is 4.79 Å². The summed E-state index contributed by atoms with van der Waals surface area (Å²) in [6.07, 6.45) is 0. The van der Waals surface area contributed by atoms with E-state index in [0.29, 0.717) is 10.0 Å². The van der Waals surface area contributed by atoms with Gasteiger partial charge >= 0.3 is 0 Å². The molecule has 3 rings (SSSR count). The van der Waals surface area contributed by atoms with E-state index in [0.717, 1.165) is 31.9 Å². The van der Waals surface area contributed by atoms with E-state index in [9.17, 15) is 4.79 Å². The van der Waals surface area contributed by atoms with Gasteiger partial charge in [-0.1, -0.05) is 35.3 Å². The fraction of sp³-hybridized carbons (Fsp3) is 0.316. The summed E-state index contributed by atoms with van der Waals surface area (Å²) in [4.78, 5) is 16.6. The third kappa shape index (κ3) is 4.59. The number of hydrogen-bond acceptors (Lipinski definition) is 3. The summed E-state index contributed by atoms with van der Waals surface area (Å²) in [5, 5.41) is 4.10. The molecule has 2 aromatic carbocycles. The number of anilines is 2. The standard InChI is InChI=1S/C19H21Cl2N3O/c1-14-3-2-4-16(11-14)23-7-9-24(10-8-23)19(25)13-22-15-5-6-17(20)18(21)12-15/h2-6,11-12,22H,7-10,13H2,1H3. The minimum Gasteiger partial charge on any atom is -0.376 e. The maximum atomic E-state index is 12.4. The predicted octanol–water partition coefficient (Wildman–Crippen LogP) is 4.06. The lowest BCUT2D eigenvalue weighted by molar-refractivity contribution is -0.129. The van der Waals surface area contributed by atoms with E-state index in [1.807, 2.05) is 11.0 Å². The van der Waals surface area contributed by atoms with Crippen LogP contribution in [0, 0.1) is 6.92 Å². The quantitative estimate of drug-likeness (QED) is 0.872. The first-order valence-corrected chi connectivity index (χ1v) is 9.07. The Morgan fingerprint density at radius 3 is 2.48 bits per heavy atom. The lowest BCUT2D eigenvalue weighted by Crippen LogP contribution is -2.50. The maximum Gasteiger partial charge on any atom is 0.241 e. The zero-order valence-corrected chi connectivity index (χ0v) is 15.6. The van der Waals surface area contributed by atoms with Gasteiger partial charge < -0.3 is 15.1 Å². The van der Waals surface area contributed by atoms with Crippen molar-refractivity contribution in [2.45, 2.75) is 6.92 Å². The Labute approximate surface area is 158 Å². The molecule has 0 aliphatic carbocycles. The molecule has 0 atom stereocenters. The van der Waals surface area contributed by atoms with Crippen LogP contribution in [0.5, 0.6) is 0 Å². The summed E-state index contributed by atoms with van der Waals surface area (Å²) >= 11 is 11.9. The Bertz CT molecular complexity index is 758. The van der Waals surface area contributed by atoms with Crippen molar-refractivity contribution in [3.63, 3.8) is 0 Å². The van der Waals surface area contributed by atoms with Gasteiger partial charge in [0.05, 0.1) is 16.6 Å². The van der Waals surface area contributed by atoms with E-state index in [4.69, 9.17) is 23.2 Å². The molecule has 0 bridgehead atoms. The van der Waals surface area contributed by atoms with Gasteiger partial charge in [-0.05, 0) is 42.8 Å². The number of hydrogen-bond donors (Lipinski definition) is 1. The Kier molecular flexibility index (Phi) is 5.71. The maximum absolute atomic E-state index is 12.4. The fourth-order valence-corrected chi connectivity index (χ4v) is 3.23. The number of piperazine rings is 1. The number of amides is 1. The van der Waals surface area contributed by atoms with Crippen molar-refractivity contribution in [2.24, 2.45) is 0 Å². The van der Waals surface area contributed by atoms with Crippen molar-refractivity contribution in [2.75, 3.05) is 42.9 Å². The zero-order chi connectivity index (χ0) is 17.8. The second-order valence-electron chi connectivity index (χ2n) is 6.19. The highest BCUT2D eigenvalue weighted by atomic mass is 35.5. The summed E-state index contributed by atoms with van der Waals surface area (Å²) < 4.78 is 0. The van der Waals surface area contributed by atoms with Crippen LogP contribution in [0.2, 0.25) is 10.0 Å². The summed E-state index contributed by atoms with van der Waals surface area (Å²) in [6, 6.07) is 13.7. The number of rotatable bonds is 4. The van der Waals surface area contributed by atoms with Crippen LogP contribution < -0.4 is 10.2 Å². The molecular formula is C19H21Cl2N3O. The van der Waals surface area contributed by atoms with Gasteiger partial charge in [-0.15, -0.1) is 0 Å². The normalized spacial score (nSPS) is 14.5. The number of nitrogens with zero attached hydrogens (tertiary/aromatic N) is 2. The molecule has 1 saturated heterocycles. The van der Waals surface area contributed by atoms with Gasteiger partial charge in [0.2, 0.25) is 5.91 Å². The van der Waals surface area contributed by atoms with Crippen LogP contribution in [0.1, 0.15) is 5.56 Å². The highest BCUT2D eigenvalue weighted by molar-refractivity contribution is 6.42. The van der Waals surface area contributed by atoms with Gasteiger partial charge in [0, 0.05) is 37.6 Å². The van der Waals surface area contributed by atoms with Gasteiger partial charge in [0.1, 0.15) is 0 Å². The molecule has 1 amide bonds. The largest absolute Gasteiger partial charge is 0.376 e. The molecule has 2 aromatic rings. The molecule has 0 aromatic heterocycles. The minimum absolute atomic E-state index is 0.0926. The molecule has 25 heavy (non-hydrogen) atoms. The molecule has 0 unspecified atom stereocenters. The highest BCUT2D eigenvalue weighted by Gasteiger charge is 2.21. The van der Waals surface area contributed by atoms with Crippen molar-refractivity contribution in [1.82, 2.24) is 4.90 Å². The number of carbonyl (C=O) groups excluding carboxylic acids is 1. The Morgan fingerprint density at radius 1 is 1.04 bits per heavy atom. The van der Waals surface area contributed by atoms with Crippen LogP contribution in [-0.4, -0.2) is 43.5 Å². The molecule has 1 heterocycles. The smallest absolute Gasteiger partial charge is 0.241 e. The summed E-state index contributed by atoms with van der Waals surface area (Å²) in [5.74, 6) is 0.0926. The molecular weight excluding hydrogens is 357 g/mol. The number of benzene rings is 2. The third-order valence-electron chi connectivity index (χ3n) is 4.36. The second-order valence-corrected chi connectivity index (χ2v) is 7.00. The second kappa shape index (κ2) is 7.98. The first kappa shape index (κ1) is 17.9. The Morgan fingerprint density at radius 2 is 1.80 bits per heavy atom. The fourth-order valence-electron chi connectivity index (χ4n) is 2.93. The van der Waals surface area contributed by atoms with Crippen molar-refractivity contribution < 1.29 is 4.79 Å². The average molecular weight is 378 g/mol. The third-order valence-corrected chi connectivity index (χ3v) is 5.10. The number of nitrogens with one attached hydrogen (secondary N) is 1. The van der Waals surface area contributed by atoms with Crippen LogP contribution in [0.25, 0.3) is 0 Å². The van der Waals surface area contributed by atoms with Crippen LogP contribution >= 0.6 is 23.2 Å². The van der Waals surface area contributed by atoms with E-state index >= 15 is 0 Å². The monoisotopic (exact) mass is 377 g/mol. The Hall–Kier alpha value is -1.91. The molecule has 1 fully saturated rings. The van der Waals surface area contributed by atoms with Gasteiger partial charge in [-0.3, -0.25) is 4.79 Å². The molecule has 132 valence electrons. The van der Waals surface area contributed by atoms with E-state index < -0.39 is 0 Å². The van der Waals surface area contributed by atoms with Gasteiger partial charge in [0.25, 0.3) is 0 Å². The number of halogens is 2. The Balaban J connectivity index is 1.50. The van der Waals surface area contributed by atoms with Crippen LogP contribution in [0.15, 0.2) is 42.5 Å². The van der Waals surface area contributed by atoms with E-state index in [-0.39, 0.29) is 12.5 Å². The van der Waals surface area contributed by atoms with E-state index in [1.54, 1.807) is 12.1 Å². The molecule has 6 heteroatoms. The molecule has 1 aliphatic rings. The van der Waals surface area contributed by atoms with E-state index in [1.165, 1.54) is 11.3 Å². The van der Waals surface area contributed by atoms with Gasteiger partial charge in [0.15, 0.2) is 0 Å². The molecule has 4 nitrogen and oxygen atoms in total. The lowest BCUT2D eigenvalue weighted by Gasteiger charge is -2.36. The lowest BCUT2D eigenvalue weighted by atomic mass is 10.2. The van der Waals surface area contributed by atoms with Gasteiger partial charge in [-0.2, -0.15) is 0 Å². The first-order valence-electron chi connectivity index (χ1n) is 8.31. The van der Waals surface area contributed by atoms with Crippen LogP contribution in [0.3, 0.4) is 0 Å². The average Bonchev–Trinajstić information content (AvgIpc) is 2.62.